The van der Waals surface area contributed by atoms with Crippen LogP contribution in [0.15, 0.2) is 24.3 Å². The Balaban J connectivity index is 2.19. The molecule has 0 radical (unpaired) electrons. The molecule has 0 fully saturated rings. The molecule has 0 atom stereocenters. The van der Waals surface area contributed by atoms with E-state index >= 15 is 0 Å². The molecule has 0 aliphatic carbocycles. The van der Waals surface area contributed by atoms with Gasteiger partial charge in [-0.05, 0) is 43.7 Å². The highest BCUT2D eigenvalue weighted by Crippen LogP contribution is 2.34. The number of benzene rings is 1. The van der Waals surface area contributed by atoms with Crippen molar-refractivity contribution >= 4 is 34.2 Å². The Morgan fingerprint density at radius 3 is 2.52 bits per heavy atom. The van der Waals surface area contributed by atoms with E-state index in [-0.39, 0.29) is 53.5 Å². The number of ether oxygens (including phenoxy) is 3. The fraction of sp³-hybridized carbons (Fsp3) is 0.435. The lowest BCUT2D eigenvalue weighted by molar-refractivity contribution is -0.117. The summed E-state index contributed by atoms with van der Waals surface area (Å²) in [6, 6.07) is 6.18. The van der Waals surface area contributed by atoms with E-state index in [1.54, 1.807) is 26.0 Å². The molecule has 180 valence electrons. The molecule has 8 nitrogen and oxygen atoms in total. The average Bonchev–Trinajstić information content (AvgIpc) is 3.09. The van der Waals surface area contributed by atoms with Gasteiger partial charge in [0.1, 0.15) is 22.3 Å². The number of thiophene rings is 1. The molecule has 0 aliphatic rings. The molecule has 10 heteroatoms. The second kappa shape index (κ2) is 13.0. The van der Waals surface area contributed by atoms with E-state index in [1.165, 1.54) is 19.2 Å². The summed E-state index contributed by atoms with van der Waals surface area (Å²) in [5.74, 6) is -1.96. The van der Waals surface area contributed by atoms with E-state index in [0.717, 1.165) is 16.9 Å². The zero-order chi connectivity index (χ0) is 24.4. The van der Waals surface area contributed by atoms with Gasteiger partial charge in [-0.25, -0.2) is 14.0 Å². The third kappa shape index (κ3) is 7.62. The Morgan fingerprint density at radius 1 is 1.12 bits per heavy atom. The summed E-state index contributed by atoms with van der Waals surface area (Å²) in [5.41, 5.74) is 1.25. The quantitative estimate of drug-likeness (QED) is 0.366. The fourth-order valence-corrected chi connectivity index (χ4v) is 4.18. The van der Waals surface area contributed by atoms with Crippen LogP contribution in [-0.2, 0) is 25.5 Å². The van der Waals surface area contributed by atoms with Crippen molar-refractivity contribution < 1.29 is 33.0 Å². The second-order valence-corrected chi connectivity index (χ2v) is 8.11. The van der Waals surface area contributed by atoms with Crippen LogP contribution in [0.5, 0.6) is 0 Å². The summed E-state index contributed by atoms with van der Waals surface area (Å²) in [6.45, 7) is 6.56. The van der Waals surface area contributed by atoms with Gasteiger partial charge in [0.15, 0.2) is 0 Å². The van der Waals surface area contributed by atoms with Crippen molar-refractivity contribution in [3.05, 3.63) is 51.7 Å². The molecule has 0 saturated carbocycles. The first-order valence-electron chi connectivity index (χ1n) is 10.5. The van der Waals surface area contributed by atoms with Gasteiger partial charge < -0.3 is 19.5 Å². The van der Waals surface area contributed by atoms with Crippen LogP contribution >= 0.6 is 11.3 Å². The zero-order valence-corrected chi connectivity index (χ0v) is 20.1. The Hall–Kier alpha value is -2.82. The maximum atomic E-state index is 13.5. The number of nitrogens with one attached hydrogen (secondary N) is 1. The molecule has 1 amide bonds. The number of amides is 1. The first-order valence-corrected chi connectivity index (χ1v) is 11.3. The highest BCUT2D eigenvalue weighted by Gasteiger charge is 2.27. The van der Waals surface area contributed by atoms with Crippen molar-refractivity contribution in [1.82, 2.24) is 4.90 Å². The predicted molar refractivity (Wildman–Crippen MR) is 123 cm³/mol. The summed E-state index contributed by atoms with van der Waals surface area (Å²) < 4.78 is 28.6. The second-order valence-electron chi connectivity index (χ2n) is 7.09. The standard InChI is InChI=1S/C23H29FN2O6S/c1-5-26(13-16-8-7-9-17(24)12-16)14-18(27)25-21-19(22(28)31-6-2)15(3)20(33-21)23(29)32-11-10-30-4/h7-9,12H,5-6,10-11,13-14H2,1-4H3,(H,25,27). The minimum Gasteiger partial charge on any atom is -0.462 e. The van der Waals surface area contributed by atoms with Gasteiger partial charge in [-0.1, -0.05) is 19.1 Å². The maximum absolute atomic E-state index is 13.5. The number of likely N-dealkylation sites (N-methyl/N-ethyl adjacent to an activating group) is 1. The molecule has 1 heterocycles. The number of halogens is 1. The van der Waals surface area contributed by atoms with Crippen molar-refractivity contribution in [3.63, 3.8) is 0 Å². The molecule has 1 aromatic carbocycles. The molecule has 2 rings (SSSR count). The minimum atomic E-state index is -0.635. The average molecular weight is 481 g/mol. The Morgan fingerprint density at radius 2 is 1.88 bits per heavy atom. The summed E-state index contributed by atoms with van der Waals surface area (Å²) in [5, 5.41) is 2.94. The smallest absolute Gasteiger partial charge is 0.348 e. The van der Waals surface area contributed by atoms with E-state index in [2.05, 4.69) is 5.32 Å². The van der Waals surface area contributed by atoms with Gasteiger partial charge in [0.2, 0.25) is 5.91 Å². The molecule has 1 aromatic heterocycles. The van der Waals surface area contributed by atoms with Crippen LogP contribution in [0.25, 0.3) is 0 Å². The van der Waals surface area contributed by atoms with Crippen LogP contribution in [0.4, 0.5) is 9.39 Å². The van der Waals surface area contributed by atoms with E-state index in [9.17, 15) is 18.8 Å². The number of nitrogens with zero attached hydrogens (tertiary/aromatic N) is 1. The number of methoxy groups -OCH3 is 1. The fourth-order valence-electron chi connectivity index (χ4n) is 3.07. The lowest BCUT2D eigenvalue weighted by Gasteiger charge is -2.20. The highest BCUT2D eigenvalue weighted by molar-refractivity contribution is 7.18. The van der Waals surface area contributed by atoms with Crippen LogP contribution < -0.4 is 5.32 Å². The molecule has 0 saturated heterocycles. The van der Waals surface area contributed by atoms with Crippen LogP contribution in [0.2, 0.25) is 0 Å². The van der Waals surface area contributed by atoms with Gasteiger partial charge in [0.25, 0.3) is 0 Å². The van der Waals surface area contributed by atoms with Gasteiger partial charge in [0, 0.05) is 13.7 Å². The highest BCUT2D eigenvalue weighted by atomic mass is 32.1. The molecule has 33 heavy (non-hydrogen) atoms. The molecule has 0 bridgehead atoms. The van der Waals surface area contributed by atoms with E-state index in [4.69, 9.17) is 14.2 Å². The molecular formula is C23H29FN2O6S. The Kier molecular flexibility index (Phi) is 10.4. The normalized spacial score (nSPS) is 10.8. The third-order valence-electron chi connectivity index (χ3n) is 4.69. The number of carbonyl (C=O) groups is 3. The number of carbonyl (C=O) groups excluding carboxylic acids is 3. The molecule has 0 unspecified atom stereocenters. The first kappa shape index (κ1) is 26.4. The molecule has 0 spiro atoms. The van der Waals surface area contributed by atoms with Gasteiger partial charge in [0.05, 0.1) is 25.3 Å². The number of hydrogen-bond acceptors (Lipinski definition) is 8. The van der Waals surface area contributed by atoms with Crippen LogP contribution in [-0.4, -0.2) is 62.8 Å². The molecular weight excluding hydrogens is 451 g/mol. The zero-order valence-electron chi connectivity index (χ0n) is 19.2. The molecule has 0 aliphatic heterocycles. The van der Waals surface area contributed by atoms with E-state index in [1.807, 2.05) is 11.8 Å². The number of rotatable bonds is 12. The van der Waals surface area contributed by atoms with Gasteiger partial charge in [-0.2, -0.15) is 0 Å². The van der Waals surface area contributed by atoms with E-state index < -0.39 is 11.9 Å². The molecule has 2 aromatic rings. The number of esters is 2. The summed E-state index contributed by atoms with van der Waals surface area (Å²) in [4.78, 5) is 39.8. The Bertz CT molecular complexity index is 978. The van der Waals surface area contributed by atoms with Gasteiger partial charge >= 0.3 is 11.9 Å². The molecule has 1 N–H and O–H groups in total. The van der Waals surface area contributed by atoms with Crippen molar-refractivity contribution in [2.75, 3.05) is 45.3 Å². The van der Waals surface area contributed by atoms with Gasteiger partial charge in [-0.15, -0.1) is 11.3 Å². The van der Waals surface area contributed by atoms with Crippen LogP contribution in [0.3, 0.4) is 0 Å². The van der Waals surface area contributed by atoms with Gasteiger partial charge in [-0.3, -0.25) is 9.69 Å². The first-order chi connectivity index (χ1) is 15.8. The topological polar surface area (TPSA) is 94.2 Å². The van der Waals surface area contributed by atoms with Crippen LogP contribution in [0.1, 0.15) is 45.0 Å². The maximum Gasteiger partial charge on any atom is 0.348 e. The van der Waals surface area contributed by atoms with Crippen molar-refractivity contribution in [1.29, 1.82) is 0 Å². The van der Waals surface area contributed by atoms with Crippen molar-refractivity contribution in [3.8, 4) is 0 Å². The van der Waals surface area contributed by atoms with Crippen molar-refractivity contribution in [2.24, 2.45) is 0 Å². The number of anilines is 1. The largest absolute Gasteiger partial charge is 0.462 e. The lowest BCUT2D eigenvalue weighted by Crippen LogP contribution is -2.33. The lowest BCUT2D eigenvalue weighted by atomic mass is 10.1. The summed E-state index contributed by atoms with van der Waals surface area (Å²) in [6.07, 6.45) is 0. The SMILES string of the molecule is CCOC(=O)c1c(NC(=O)CN(CC)Cc2cccc(F)c2)sc(C(=O)OCCOC)c1C. The minimum absolute atomic E-state index is 0.0137. The number of hydrogen-bond donors (Lipinski definition) is 1. The predicted octanol–water partition coefficient (Wildman–Crippen LogP) is 3.64. The third-order valence-corrected chi connectivity index (χ3v) is 5.88. The van der Waals surface area contributed by atoms with Crippen molar-refractivity contribution in [2.45, 2.75) is 27.3 Å². The summed E-state index contributed by atoms with van der Waals surface area (Å²) in [7, 11) is 1.49. The Labute approximate surface area is 196 Å². The van der Waals surface area contributed by atoms with E-state index in [0.29, 0.717) is 18.7 Å². The monoisotopic (exact) mass is 480 g/mol. The summed E-state index contributed by atoms with van der Waals surface area (Å²) >= 11 is 0.959. The van der Waals surface area contributed by atoms with Crippen LogP contribution in [0, 0.1) is 12.7 Å².